The molecule has 0 atom stereocenters. The van der Waals surface area contributed by atoms with Crippen molar-refractivity contribution in [1.82, 2.24) is 0 Å². The molecule has 0 heterocycles. The maximum atomic E-state index is 11.9. The molecule has 0 fully saturated rings. The molecule has 0 unspecified atom stereocenters. The second kappa shape index (κ2) is 7.47. The number of aryl methyl sites for hydroxylation is 1. The molecule has 2 aromatic rings. The molecule has 0 saturated heterocycles. The molecule has 5 heteroatoms. The van der Waals surface area contributed by atoms with Crippen molar-refractivity contribution in [1.29, 1.82) is 0 Å². The van der Waals surface area contributed by atoms with Gasteiger partial charge >= 0.3 is 0 Å². The van der Waals surface area contributed by atoms with Crippen molar-refractivity contribution in [2.45, 2.75) is 11.8 Å². The largest absolute Gasteiger partial charge is 0.325 e. The fourth-order valence-electron chi connectivity index (χ4n) is 1.63. The Morgan fingerprint density at radius 1 is 1.25 bits per heavy atom. The highest BCUT2D eigenvalue weighted by atomic mass is 127. The summed E-state index contributed by atoms with van der Waals surface area (Å²) in [5.41, 5.74) is 1.96. The molecule has 0 aliphatic heterocycles. The number of carbonyl (C=O) groups excluding carboxylic acids is 1. The topological polar surface area (TPSA) is 29.1 Å². The number of nitrogens with one attached hydrogen (secondary N) is 1. The van der Waals surface area contributed by atoms with E-state index in [4.69, 9.17) is 0 Å². The number of hydrogen-bond donors (Lipinski definition) is 1. The Kier molecular flexibility index (Phi) is 5.92. The van der Waals surface area contributed by atoms with E-state index in [1.54, 1.807) is 0 Å². The Bertz CT molecular complexity index is 616. The second-order valence-corrected chi connectivity index (χ2v) is 7.46. The molecule has 0 bridgehead atoms. The first-order valence-electron chi connectivity index (χ1n) is 5.99. The SMILES string of the molecule is Cc1cc(I)ccc1NC(=O)CSc1ccc(Br)cc1. The van der Waals surface area contributed by atoms with E-state index < -0.39 is 0 Å². The summed E-state index contributed by atoms with van der Waals surface area (Å²) in [5, 5.41) is 2.95. The molecule has 104 valence electrons. The Labute approximate surface area is 145 Å². The molecule has 2 nitrogen and oxygen atoms in total. The molecule has 0 aromatic heterocycles. The molecular weight excluding hydrogens is 449 g/mol. The third kappa shape index (κ3) is 4.79. The van der Waals surface area contributed by atoms with Crippen LogP contribution in [0.15, 0.2) is 51.8 Å². The Morgan fingerprint density at radius 2 is 1.95 bits per heavy atom. The van der Waals surface area contributed by atoms with Crippen molar-refractivity contribution in [3.8, 4) is 0 Å². The second-order valence-electron chi connectivity index (χ2n) is 4.25. The molecule has 0 aliphatic carbocycles. The minimum atomic E-state index is 0.0160. The van der Waals surface area contributed by atoms with Crippen molar-refractivity contribution in [3.05, 3.63) is 56.1 Å². The van der Waals surface area contributed by atoms with E-state index in [9.17, 15) is 4.79 Å². The van der Waals surface area contributed by atoms with Gasteiger partial charge in [-0.2, -0.15) is 0 Å². The summed E-state index contributed by atoms with van der Waals surface area (Å²) < 4.78 is 2.21. The third-order valence-corrected chi connectivity index (χ3v) is 4.86. The summed E-state index contributed by atoms with van der Waals surface area (Å²) in [6.07, 6.45) is 0. The fraction of sp³-hybridized carbons (Fsp3) is 0.133. The summed E-state index contributed by atoms with van der Waals surface area (Å²) in [5.74, 6) is 0.426. The number of amides is 1. The highest BCUT2D eigenvalue weighted by Gasteiger charge is 2.06. The van der Waals surface area contributed by atoms with Gasteiger partial charge in [-0.25, -0.2) is 0 Å². The quantitative estimate of drug-likeness (QED) is 0.507. The lowest BCUT2D eigenvalue weighted by Gasteiger charge is -2.08. The highest BCUT2D eigenvalue weighted by molar-refractivity contribution is 14.1. The van der Waals surface area contributed by atoms with Crippen LogP contribution in [0.3, 0.4) is 0 Å². The van der Waals surface area contributed by atoms with Gasteiger partial charge in [0.1, 0.15) is 0 Å². The summed E-state index contributed by atoms with van der Waals surface area (Å²) in [7, 11) is 0. The van der Waals surface area contributed by atoms with Crippen LogP contribution >= 0.6 is 50.3 Å². The minimum absolute atomic E-state index is 0.0160. The van der Waals surface area contributed by atoms with Crippen LogP contribution in [-0.2, 0) is 4.79 Å². The van der Waals surface area contributed by atoms with Crippen molar-refractivity contribution < 1.29 is 4.79 Å². The Morgan fingerprint density at radius 3 is 2.60 bits per heavy atom. The van der Waals surface area contributed by atoms with Crippen LogP contribution < -0.4 is 5.32 Å². The van der Waals surface area contributed by atoms with Crippen molar-refractivity contribution in [2.24, 2.45) is 0 Å². The fourth-order valence-corrected chi connectivity index (χ4v) is 3.24. The molecule has 0 aliphatic rings. The number of carbonyl (C=O) groups is 1. The zero-order valence-electron chi connectivity index (χ0n) is 10.8. The Hall–Kier alpha value is -0.530. The molecule has 0 saturated carbocycles. The van der Waals surface area contributed by atoms with Gasteiger partial charge in [0.05, 0.1) is 5.75 Å². The van der Waals surface area contributed by atoms with Crippen LogP contribution in [0.2, 0.25) is 0 Å². The van der Waals surface area contributed by atoms with Gasteiger partial charge in [-0.15, -0.1) is 11.8 Å². The van der Waals surface area contributed by atoms with Crippen molar-refractivity contribution in [2.75, 3.05) is 11.1 Å². The van der Waals surface area contributed by atoms with Gasteiger partial charge in [0.25, 0.3) is 0 Å². The molecule has 2 rings (SSSR count). The lowest BCUT2D eigenvalue weighted by Crippen LogP contribution is -2.14. The van der Waals surface area contributed by atoms with Gasteiger partial charge in [-0.1, -0.05) is 15.9 Å². The van der Waals surface area contributed by atoms with Gasteiger partial charge in [-0.3, -0.25) is 4.79 Å². The van der Waals surface area contributed by atoms with E-state index in [1.165, 1.54) is 15.3 Å². The number of anilines is 1. The standard InChI is InChI=1S/C15H13BrINOS/c1-10-8-12(17)4-7-14(10)18-15(19)9-20-13-5-2-11(16)3-6-13/h2-8H,9H2,1H3,(H,18,19). The maximum Gasteiger partial charge on any atom is 0.234 e. The lowest BCUT2D eigenvalue weighted by atomic mass is 10.2. The van der Waals surface area contributed by atoms with Crippen LogP contribution in [0, 0.1) is 10.5 Å². The highest BCUT2D eigenvalue weighted by Crippen LogP contribution is 2.22. The minimum Gasteiger partial charge on any atom is -0.325 e. The summed E-state index contributed by atoms with van der Waals surface area (Å²) >= 11 is 7.19. The first-order valence-corrected chi connectivity index (χ1v) is 8.85. The smallest absolute Gasteiger partial charge is 0.234 e. The average molecular weight is 462 g/mol. The van der Waals surface area contributed by atoms with Crippen LogP contribution in [0.25, 0.3) is 0 Å². The molecule has 20 heavy (non-hydrogen) atoms. The van der Waals surface area contributed by atoms with Crippen molar-refractivity contribution >= 4 is 61.9 Å². The van der Waals surface area contributed by atoms with Gasteiger partial charge in [0.15, 0.2) is 0 Å². The molecular formula is C15H13BrINOS. The number of benzene rings is 2. The van der Waals surface area contributed by atoms with Gasteiger partial charge in [0.2, 0.25) is 5.91 Å². The number of thioether (sulfide) groups is 1. The van der Waals surface area contributed by atoms with E-state index in [0.717, 1.165) is 20.6 Å². The average Bonchev–Trinajstić information content (AvgIpc) is 2.41. The van der Waals surface area contributed by atoms with Crippen LogP contribution in [0.1, 0.15) is 5.56 Å². The zero-order chi connectivity index (χ0) is 14.5. The summed E-state index contributed by atoms with van der Waals surface area (Å²) in [4.78, 5) is 13.0. The first kappa shape index (κ1) is 15.9. The van der Waals surface area contributed by atoms with E-state index in [2.05, 4.69) is 49.9 Å². The van der Waals surface area contributed by atoms with Gasteiger partial charge < -0.3 is 5.32 Å². The van der Waals surface area contributed by atoms with Crippen molar-refractivity contribution in [3.63, 3.8) is 0 Å². The van der Waals surface area contributed by atoms with Gasteiger partial charge in [-0.05, 0) is 77.5 Å². The van der Waals surface area contributed by atoms with Crippen LogP contribution in [0.4, 0.5) is 5.69 Å². The lowest BCUT2D eigenvalue weighted by molar-refractivity contribution is -0.113. The molecule has 2 aromatic carbocycles. The van der Waals surface area contributed by atoms with Crippen LogP contribution in [-0.4, -0.2) is 11.7 Å². The third-order valence-electron chi connectivity index (χ3n) is 2.65. The van der Waals surface area contributed by atoms with Gasteiger partial charge in [0, 0.05) is 18.6 Å². The maximum absolute atomic E-state index is 11.9. The van der Waals surface area contributed by atoms with E-state index in [-0.39, 0.29) is 5.91 Å². The predicted octanol–water partition coefficient (Wildman–Crippen LogP) is 5.09. The Balaban J connectivity index is 1.90. The van der Waals surface area contributed by atoms with E-state index >= 15 is 0 Å². The number of halogens is 2. The molecule has 0 radical (unpaired) electrons. The zero-order valence-corrected chi connectivity index (χ0v) is 15.4. The van der Waals surface area contributed by atoms with E-state index in [1.807, 2.05) is 43.3 Å². The van der Waals surface area contributed by atoms with E-state index in [0.29, 0.717) is 5.75 Å². The molecule has 1 N–H and O–H groups in total. The first-order chi connectivity index (χ1) is 9.54. The predicted molar refractivity (Wildman–Crippen MR) is 97.4 cm³/mol. The molecule has 0 spiro atoms. The summed E-state index contributed by atoms with van der Waals surface area (Å²) in [6, 6.07) is 13.9. The normalized spacial score (nSPS) is 10.3. The molecule has 1 amide bonds. The monoisotopic (exact) mass is 461 g/mol. The van der Waals surface area contributed by atoms with Crippen LogP contribution in [0.5, 0.6) is 0 Å². The number of rotatable bonds is 4. The number of hydrogen-bond acceptors (Lipinski definition) is 2. The summed E-state index contributed by atoms with van der Waals surface area (Å²) in [6.45, 7) is 2.00.